The Hall–Kier alpha value is -1.48. The highest BCUT2D eigenvalue weighted by molar-refractivity contribution is 8.00. The number of nitrogens with zero attached hydrogens (tertiary/aromatic N) is 2. The summed E-state index contributed by atoms with van der Waals surface area (Å²) in [4.78, 5) is 8.34. The van der Waals surface area contributed by atoms with E-state index in [2.05, 4.69) is 62.9 Å². The van der Waals surface area contributed by atoms with Crippen LogP contribution in [-0.4, -0.2) is 16.3 Å². The molecule has 2 aromatic rings. The van der Waals surface area contributed by atoms with Crippen molar-refractivity contribution in [3.8, 4) is 0 Å². The molecule has 0 unspecified atom stereocenters. The summed E-state index contributed by atoms with van der Waals surface area (Å²) in [6.07, 6.45) is 3.12. The number of para-hydroxylation sites is 1. The number of fused-ring (bicyclic) bond motifs is 1. The monoisotopic (exact) mass is 298 g/mol. The van der Waals surface area contributed by atoms with E-state index in [1.54, 1.807) is 0 Å². The summed E-state index contributed by atoms with van der Waals surface area (Å²) in [5, 5.41) is 0. The Balaban J connectivity index is 1.91. The lowest BCUT2D eigenvalue weighted by Gasteiger charge is -2.22. The third kappa shape index (κ3) is 3.08. The molecule has 0 N–H and O–H groups in total. The second-order valence-electron chi connectivity index (χ2n) is 6.56. The minimum atomic E-state index is 0.218. The Morgan fingerprint density at radius 3 is 2.67 bits per heavy atom. The van der Waals surface area contributed by atoms with Gasteiger partial charge >= 0.3 is 0 Å². The molecule has 1 aromatic heterocycles. The van der Waals surface area contributed by atoms with Crippen molar-refractivity contribution >= 4 is 23.3 Å². The third-order valence-electron chi connectivity index (χ3n) is 3.59. The van der Waals surface area contributed by atoms with Crippen molar-refractivity contribution in [1.29, 1.82) is 0 Å². The fraction of sp³-hybridized carbons (Fsp3) is 0.389. The van der Waals surface area contributed by atoms with Gasteiger partial charge in [-0.1, -0.05) is 39.0 Å². The summed E-state index contributed by atoms with van der Waals surface area (Å²) in [5.41, 5.74) is 3.98. The van der Waals surface area contributed by atoms with Crippen LogP contribution >= 0.6 is 11.8 Å². The van der Waals surface area contributed by atoms with Crippen LogP contribution in [0.1, 0.15) is 31.9 Å². The molecule has 2 heterocycles. The first-order chi connectivity index (χ1) is 9.94. The molecule has 3 rings (SSSR count). The lowest BCUT2D eigenvalue weighted by atomic mass is 10.2. The molecule has 0 bridgehead atoms. The van der Waals surface area contributed by atoms with E-state index in [4.69, 9.17) is 4.98 Å². The van der Waals surface area contributed by atoms with E-state index < -0.39 is 0 Å². The maximum absolute atomic E-state index is 4.75. The molecular formula is C18H22N2S. The molecule has 0 amide bonds. The summed E-state index contributed by atoms with van der Waals surface area (Å²) in [6.45, 7) is 9.89. The predicted octanol–water partition coefficient (Wildman–Crippen LogP) is 4.97. The van der Waals surface area contributed by atoms with Crippen molar-refractivity contribution in [1.82, 2.24) is 4.98 Å². The molecule has 1 aromatic carbocycles. The van der Waals surface area contributed by atoms with E-state index in [1.165, 1.54) is 21.7 Å². The molecule has 0 radical (unpaired) electrons. The number of pyridine rings is 1. The number of benzene rings is 1. The van der Waals surface area contributed by atoms with E-state index >= 15 is 0 Å². The van der Waals surface area contributed by atoms with Crippen LogP contribution in [-0.2, 0) is 6.42 Å². The van der Waals surface area contributed by atoms with Crippen molar-refractivity contribution in [3.05, 3.63) is 47.7 Å². The van der Waals surface area contributed by atoms with E-state index in [1.807, 2.05) is 18.0 Å². The first kappa shape index (κ1) is 14.5. The molecule has 0 fully saturated rings. The van der Waals surface area contributed by atoms with Crippen molar-refractivity contribution in [3.63, 3.8) is 0 Å². The molecular weight excluding hydrogens is 276 g/mol. The summed E-state index contributed by atoms with van der Waals surface area (Å²) in [7, 11) is 0. The van der Waals surface area contributed by atoms with Crippen molar-refractivity contribution in [2.75, 3.05) is 11.4 Å². The van der Waals surface area contributed by atoms with Crippen LogP contribution in [0.15, 0.2) is 41.4 Å². The lowest BCUT2D eigenvalue weighted by molar-refractivity contribution is 0.802. The maximum atomic E-state index is 4.75. The van der Waals surface area contributed by atoms with Crippen molar-refractivity contribution in [2.45, 2.75) is 43.8 Å². The van der Waals surface area contributed by atoms with Crippen LogP contribution in [0.25, 0.3) is 0 Å². The van der Waals surface area contributed by atoms with Gasteiger partial charge in [-0.2, -0.15) is 0 Å². The van der Waals surface area contributed by atoms with Gasteiger partial charge in [-0.05, 0) is 36.6 Å². The van der Waals surface area contributed by atoms with Crippen molar-refractivity contribution in [2.24, 2.45) is 0 Å². The van der Waals surface area contributed by atoms with Gasteiger partial charge in [0.15, 0.2) is 0 Å². The highest BCUT2D eigenvalue weighted by Gasteiger charge is 2.22. The van der Waals surface area contributed by atoms with Gasteiger partial charge in [-0.15, -0.1) is 11.8 Å². The van der Waals surface area contributed by atoms with Crippen LogP contribution in [0.5, 0.6) is 0 Å². The van der Waals surface area contributed by atoms with Gasteiger partial charge < -0.3 is 4.90 Å². The zero-order chi connectivity index (χ0) is 15.0. The minimum Gasteiger partial charge on any atom is -0.326 e. The number of aromatic nitrogens is 1. The average Bonchev–Trinajstić information content (AvgIpc) is 2.81. The zero-order valence-corrected chi connectivity index (χ0v) is 14.0. The largest absolute Gasteiger partial charge is 0.326 e. The quantitative estimate of drug-likeness (QED) is 0.728. The summed E-state index contributed by atoms with van der Waals surface area (Å²) >= 11 is 1.87. The number of hydrogen-bond acceptors (Lipinski definition) is 3. The normalized spacial score (nSPS) is 14.4. The summed E-state index contributed by atoms with van der Waals surface area (Å²) in [6, 6.07) is 10.9. The molecule has 0 spiro atoms. The Bertz CT molecular complexity index is 659. The third-order valence-corrected chi connectivity index (χ3v) is 4.66. The van der Waals surface area contributed by atoms with E-state index in [9.17, 15) is 0 Å². The Morgan fingerprint density at radius 2 is 1.95 bits per heavy atom. The first-order valence-electron chi connectivity index (χ1n) is 7.45. The Kier molecular flexibility index (Phi) is 3.70. The predicted molar refractivity (Wildman–Crippen MR) is 91.7 cm³/mol. The van der Waals surface area contributed by atoms with Crippen LogP contribution in [0.3, 0.4) is 0 Å². The molecule has 110 valence electrons. The van der Waals surface area contributed by atoms with Gasteiger partial charge in [0.25, 0.3) is 0 Å². The van der Waals surface area contributed by atoms with E-state index in [-0.39, 0.29) is 4.75 Å². The van der Waals surface area contributed by atoms with Crippen LogP contribution < -0.4 is 4.90 Å². The fourth-order valence-corrected chi connectivity index (χ4v) is 3.84. The first-order valence-corrected chi connectivity index (χ1v) is 8.27. The highest BCUT2D eigenvalue weighted by Crippen LogP contribution is 2.37. The standard InChI is InChI=1S/C18H22N2S/c1-13-11-15(21-18(2,3)4)12-19-17(13)20-10-9-14-7-5-6-8-16(14)20/h5-8,11-12H,9-10H2,1-4H3. The van der Waals surface area contributed by atoms with Crippen LogP contribution in [0.4, 0.5) is 11.5 Å². The molecule has 1 aliphatic heterocycles. The molecule has 0 atom stereocenters. The second kappa shape index (κ2) is 5.38. The molecule has 21 heavy (non-hydrogen) atoms. The number of anilines is 2. The van der Waals surface area contributed by atoms with Crippen LogP contribution in [0, 0.1) is 6.92 Å². The SMILES string of the molecule is Cc1cc(SC(C)(C)C)cnc1N1CCc2ccccc21. The van der Waals surface area contributed by atoms with Gasteiger partial charge in [-0.3, -0.25) is 0 Å². The van der Waals surface area contributed by atoms with Gasteiger partial charge in [0.05, 0.1) is 0 Å². The molecule has 3 heteroatoms. The number of thioether (sulfide) groups is 1. The fourth-order valence-electron chi connectivity index (χ4n) is 2.79. The number of rotatable bonds is 2. The van der Waals surface area contributed by atoms with Gasteiger partial charge in [0.2, 0.25) is 0 Å². The summed E-state index contributed by atoms with van der Waals surface area (Å²) < 4.78 is 0.218. The molecule has 1 aliphatic rings. The van der Waals surface area contributed by atoms with E-state index in [0.717, 1.165) is 18.8 Å². The Morgan fingerprint density at radius 1 is 1.19 bits per heavy atom. The van der Waals surface area contributed by atoms with Gasteiger partial charge in [-0.25, -0.2) is 4.98 Å². The van der Waals surface area contributed by atoms with Gasteiger partial charge in [0.1, 0.15) is 5.82 Å². The zero-order valence-electron chi connectivity index (χ0n) is 13.2. The number of aryl methyl sites for hydroxylation is 1. The van der Waals surface area contributed by atoms with Crippen molar-refractivity contribution < 1.29 is 0 Å². The lowest BCUT2D eigenvalue weighted by Crippen LogP contribution is -2.16. The Labute approximate surface area is 131 Å². The molecule has 0 aliphatic carbocycles. The highest BCUT2D eigenvalue weighted by atomic mass is 32.2. The maximum Gasteiger partial charge on any atom is 0.135 e. The molecule has 0 saturated heterocycles. The summed E-state index contributed by atoms with van der Waals surface area (Å²) in [5.74, 6) is 1.10. The average molecular weight is 298 g/mol. The second-order valence-corrected chi connectivity index (χ2v) is 8.46. The van der Waals surface area contributed by atoms with E-state index in [0.29, 0.717) is 0 Å². The number of hydrogen-bond donors (Lipinski definition) is 0. The molecule has 2 nitrogen and oxygen atoms in total. The van der Waals surface area contributed by atoms with Gasteiger partial charge in [0, 0.05) is 28.1 Å². The minimum absolute atomic E-state index is 0.218. The van der Waals surface area contributed by atoms with Crippen LogP contribution in [0.2, 0.25) is 0 Å². The molecule has 0 saturated carbocycles. The topological polar surface area (TPSA) is 16.1 Å². The smallest absolute Gasteiger partial charge is 0.135 e.